The first-order valence-corrected chi connectivity index (χ1v) is 9.90. The number of anilines is 1. The van der Waals surface area contributed by atoms with Crippen LogP contribution >= 0.6 is 0 Å². The Kier molecular flexibility index (Phi) is 7.21. The molecule has 2 heterocycles. The van der Waals surface area contributed by atoms with Crippen molar-refractivity contribution in [3.63, 3.8) is 0 Å². The third-order valence-electron chi connectivity index (χ3n) is 4.88. The Morgan fingerprint density at radius 1 is 1.30 bits per heavy atom. The molecule has 1 saturated heterocycles. The summed E-state index contributed by atoms with van der Waals surface area (Å²) in [4.78, 5) is 19.0. The van der Waals surface area contributed by atoms with Crippen LogP contribution in [0.25, 0.3) is 0 Å². The maximum Gasteiger partial charge on any atom is 0.319 e. The number of likely N-dealkylation sites (tertiary alicyclic amines) is 1. The number of para-hydroxylation sites is 1. The number of hydrogen-bond donors (Lipinski definition) is 2. The van der Waals surface area contributed by atoms with Crippen molar-refractivity contribution in [1.29, 1.82) is 0 Å². The number of hydrogen-bond acceptors (Lipinski definition) is 5. The van der Waals surface area contributed by atoms with Gasteiger partial charge in [-0.25, -0.2) is 4.79 Å². The summed E-state index contributed by atoms with van der Waals surface area (Å²) in [6, 6.07) is 9.58. The predicted molar refractivity (Wildman–Crippen MR) is 104 cm³/mol. The van der Waals surface area contributed by atoms with Gasteiger partial charge in [-0.3, -0.25) is 4.90 Å². The van der Waals surface area contributed by atoms with Gasteiger partial charge in [0.1, 0.15) is 0 Å². The fourth-order valence-electron chi connectivity index (χ4n) is 3.37. The minimum atomic E-state index is -0.175. The van der Waals surface area contributed by atoms with Crippen LogP contribution in [0, 0.1) is 0 Å². The van der Waals surface area contributed by atoms with Crippen molar-refractivity contribution in [3.05, 3.63) is 42.0 Å². The van der Waals surface area contributed by atoms with Crippen LogP contribution in [-0.4, -0.2) is 40.2 Å². The highest BCUT2D eigenvalue weighted by atomic mass is 16.5. The summed E-state index contributed by atoms with van der Waals surface area (Å²) in [6.07, 6.45) is 6.45. The number of unbranched alkanes of at least 4 members (excludes halogenated alkanes) is 1. The molecule has 7 nitrogen and oxygen atoms in total. The van der Waals surface area contributed by atoms with Gasteiger partial charge in [0.2, 0.25) is 5.89 Å². The van der Waals surface area contributed by atoms with E-state index in [1.807, 2.05) is 30.3 Å². The molecule has 1 atom stereocenters. The van der Waals surface area contributed by atoms with E-state index in [-0.39, 0.29) is 12.1 Å². The smallest absolute Gasteiger partial charge is 0.319 e. The monoisotopic (exact) mass is 371 g/mol. The number of carbonyl (C=O) groups excluding carboxylic acids is 1. The quantitative estimate of drug-likeness (QED) is 0.741. The van der Waals surface area contributed by atoms with E-state index >= 15 is 0 Å². The van der Waals surface area contributed by atoms with Crippen LogP contribution in [0.15, 0.2) is 34.9 Å². The number of piperidine rings is 1. The number of nitrogens with zero attached hydrogens (tertiary/aromatic N) is 3. The van der Waals surface area contributed by atoms with Gasteiger partial charge in [-0.15, -0.1) is 0 Å². The minimum absolute atomic E-state index is 0.175. The summed E-state index contributed by atoms with van der Waals surface area (Å²) in [5, 5.41) is 9.92. The molecule has 0 aliphatic carbocycles. The average Bonchev–Trinajstić information content (AvgIpc) is 3.14. The SMILES string of the molecule is CCCCc1noc(CN2CCCC[C@H]2CNC(=O)Nc2ccccc2)n1. The molecule has 2 aromatic rings. The van der Waals surface area contributed by atoms with Gasteiger partial charge in [-0.05, 0) is 37.9 Å². The zero-order valence-electron chi connectivity index (χ0n) is 16.0. The van der Waals surface area contributed by atoms with Crippen molar-refractivity contribution >= 4 is 11.7 Å². The van der Waals surface area contributed by atoms with Crippen LogP contribution in [-0.2, 0) is 13.0 Å². The van der Waals surface area contributed by atoms with Crippen LogP contribution in [0.5, 0.6) is 0 Å². The topological polar surface area (TPSA) is 83.3 Å². The summed E-state index contributed by atoms with van der Waals surface area (Å²) in [5.74, 6) is 1.46. The molecule has 2 amide bonds. The van der Waals surface area contributed by atoms with Gasteiger partial charge in [0.15, 0.2) is 5.82 Å². The number of benzene rings is 1. The zero-order valence-corrected chi connectivity index (χ0v) is 16.0. The zero-order chi connectivity index (χ0) is 18.9. The standard InChI is InChI=1S/C20H29N5O2/c1-2-3-12-18-23-19(27-24-18)15-25-13-8-7-11-17(25)14-21-20(26)22-16-9-5-4-6-10-16/h4-6,9-10,17H,2-3,7-8,11-15H2,1H3,(H2,21,22,26)/t17-/m0/s1. The summed E-state index contributed by atoms with van der Waals surface area (Å²) in [6.45, 7) is 4.39. The van der Waals surface area contributed by atoms with E-state index in [0.29, 0.717) is 19.0 Å². The van der Waals surface area contributed by atoms with Crippen molar-refractivity contribution in [1.82, 2.24) is 20.4 Å². The Labute approximate surface area is 160 Å². The van der Waals surface area contributed by atoms with Gasteiger partial charge >= 0.3 is 6.03 Å². The summed E-state index contributed by atoms with van der Waals surface area (Å²) in [5.41, 5.74) is 0.793. The number of amides is 2. The normalized spacial score (nSPS) is 17.6. The largest absolute Gasteiger partial charge is 0.338 e. The Balaban J connectivity index is 1.49. The van der Waals surface area contributed by atoms with Crippen LogP contribution in [0.1, 0.15) is 50.7 Å². The first-order valence-electron chi connectivity index (χ1n) is 9.90. The van der Waals surface area contributed by atoms with Gasteiger partial charge in [-0.2, -0.15) is 4.98 Å². The molecule has 1 fully saturated rings. The van der Waals surface area contributed by atoms with E-state index in [0.717, 1.165) is 50.2 Å². The van der Waals surface area contributed by atoms with Crippen LogP contribution in [0.3, 0.4) is 0 Å². The van der Waals surface area contributed by atoms with Crippen molar-refractivity contribution in [3.8, 4) is 0 Å². The lowest BCUT2D eigenvalue weighted by Crippen LogP contribution is -2.47. The number of nitrogens with one attached hydrogen (secondary N) is 2. The van der Waals surface area contributed by atoms with E-state index in [9.17, 15) is 4.79 Å². The van der Waals surface area contributed by atoms with Crippen molar-refractivity contribution in [2.45, 2.75) is 58.0 Å². The van der Waals surface area contributed by atoms with Crippen molar-refractivity contribution < 1.29 is 9.32 Å². The number of rotatable bonds is 8. The molecule has 2 N–H and O–H groups in total. The summed E-state index contributed by atoms with van der Waals surface area (Å²) < 4.78 is 5.41. The number of urea groups is 1. The Morgan fingerprint density at radius 3 is 2.96 bits per heavy atom. The average molecular weight is 371 g/mol. The first-order chi connectivity index (χ1) is 13.2. The highest BCUT2D eigenvalue weighted by Crippen LogP contribution is 2.19. The molecule has 7 heteroatoms. The Hall–Kier alpha value is -2.41. The highest BCUT2D eigenvalue weighted by Gasteiger charge is 2.24. The maximum atomic E-state index is 12.1. The molecule has 1 aliphatic heterocycles. The van der Waals surface area contributed by atoms with E-state index < -0.39 is 0 Å². The van der Waals surface area contributed by atoms with Crippen LogP contribution < -0.4 is 10.6 Å². The third-order valence-corrected chi connectivity index (χ3v) is 4.88. The maximum absolute atomic E-state index is 12.1. The Morgan fingerprint density at radius 2 is 2.15 bits per heavy atom. The second-order valence-electron chi connectivity index (χ2n) is 7.03. The number of aryl methyl sites for hydroxylation is 1. The van der Waals surface area contributed by atoms with Gasteiger partial charge in [0.25, 0.3) is 0 Å². The minimum Gasteiger partial charge on any atom is -0.338 e. The van der Waals surface area contributed by atoms with E-state index in [1.54, 1.807) is 0 Å². The van der Waals surface area contributed by atoms with Gasteiger partial charge < -0.3 is 15.2 Å². The van der Waals surface area contributed by atoms with E-state index in [2.05, 4.69) is 32.6 Å². The summed E-state index contributed by atoms with van der Waals surface area (Å²) >= 11 is 0. The second-order valence-corrected chi connectivity index (χ2v) is 7.03. The molecule has 146 valence electrons. The predicted octanol–water partition coefficient (Wildman–Crippen LogP) is 3.59. The van der Waals surface area contributed by atoms with Crippen LogP contribution in [0.2, 0.25) is 0 Å². The molecule has 0 bridgehead atoms. The molecule has 3 rings (SSSR count). The van der Waals surface area contributed by atoms with Crippen molar-refractivity contribution in [2.75, 3.05) is 18.4 Å². The molecule has 1 aromatic heterocycles. The second kappa shape index (κ2) is 10.1. The lowest BCUT2D eigenvalue weighted by Gasteiger charge is -2.34. The van der Waals surface area contributed by atoms with Gasteiger partial charge in [0, 0.05) is 24.7 Å². The fourth-order valence-corrected chi connectivity index (χ4v) is 3.37. The van der Waals surface area contributed by atoms with E-state index in [1.165, 1.54) is 6.42 Å². The number of aromatic nitrogens is 2. The van der Waals surface area contributed by atoms with Gasteiger partial charge in [0.05, 0.1) is 6.54 Å². The summed E-state index contributed by atoms with van der Waals surface area (Å²) in [7, 11) is 0. The molecule has 0 spiro atoms. The van der Waals surface area contributed by atoms with Gasteiger partial charge in [-0.1, -0.05) is 43.1 Å². The van der Waals surface area contributed by atoms with Crippen molar-refractivity contribution in [2.24, 2.45) is 0 Å². The fraction of sp³-hybridized carbons (Fsp3) is 0.550. The third kappa shape index (κ3) is 6.06. The number of carbonyl (C=O) groups is 1. The molecule has 0 unspecified atom stereocenters. The molecular weight excluding hydrogens is 342 g/mol. The lowest BCUT2D eigenvalue weighted by atomic mass is 10.0. The Bertz CT molecular complexity index is 703. The molecule has 1 aliphatic rings. The molecular formula is C20H29N5O2. The molecule has 0 saturated carbocycles. The molecule has 27 heavy (non-hydrogen) atoms. The molecule has 1 aromatic carbocycles. The lowest BCUT2D eigenvalue weighted by molar-refractivity contribution is 0.123. The highest BCUT2D eigenvalue weighted by molar-refractivity contribution is 5.89. The van der Waals surface area contributed by atoms with E-state index in [4.69, 9.17) is 4.52 Å². The molecule has 0 radical (unpaired) electrons. The van der Waals surface area contributed by atoms with Crippen LogP contribution in [0.4, 0.5) is 10.5 Å². The first kappa shape index (κ1) is 19.4.